The average Bonchev–Trinajstić information content (AvgIpc) is 3.10. The van der Waals surface area contributed by atoms with Gasteiger partial charge in [-0.15, -0.1) is 0 Å². The second-order valence-electron chi connectivity index (χ2n) is 7.05. The van der Waals surface area contributed by atoms with Crippen molar-refractivity contribution in [3.63, 3.8) is 0 Å². The number of hydrogen-bond acceptors (Lipinski definition) is 3. The second-order valence-corrected chi connectivity index (χ2v) is 7.05. The fourth-order valence-electron chi connectivity index (χ4n) is 2.50. The molecule has 3 heteroatoms. The van der Waals surface area contributed by atoms with Gasteiger partial charge in [0.2, 0.25) is 0 Å². The molecule has 1 saturated carbocycles. The van der Waals surface area contributed by atoms with Crippen LogP contribution in [0, 0.1) is 11.3 Å². The average molecular weight is 254 g/mol. The van der Waals surface area contributed by atoms with Gasteiger partial charge in [0, 0.05) is 25.7 Å². The minimum Gasteiger partial charge on any atom is -0.380 e. The van der Waals surface area contributed by atoms with Crippen LogP contribution in [0.2, 0.25) is 0 Å². The molecule has 1 aliphatic carbocycles. The zero-order valence-corrected chi connectivity index (χ0v) is 12.4. The van der Waals surface area contributed by atoms with Gasteiger partial charge >= 0.3 is 0 Å². The Labute approximate surface area is 112 Å². The number of ether oxygens (including phenoxy) is 1. The predicted octanol–water partition coefficient (Wildman–Crippen LogP) is 2.12. The molecule has 2 rings (SSSR count). The van der Waals surface area contributed by atoms with E-state index in [0.29, 0.717) is 11.5 Å². The zero-order valence-electron chi connectivity index (χ0n) is 12.4. The maximum Gasteiger partial charge on any atom is 0.0593 e. The van der Waals surface area contributed by atoms with E-state index >= 15 is 0 Å². The van der Waals surface area contributed by atoms with Crippen molar-refractivity contribution >= 4 is 0 Å². The van der Waals surface area contributed by atoms with E-state index in [1.165, 1.54) is 25.8 Å². The van der Waals surface area contributed by atoms with E-state index < -0.39 is 0 Å². The highest BCUT2D eigenvalue weighted by Crippen LogP contribution is 2.28. The van der Waals surface area contributed by atoms with Gasteiger partial charge in [0.05, 0.1) is 6.61 Å². The summed E-state index contributed by atoms with van der Waals surface area (Å²) in [6.07, 6.45) is 4.04. The fraction of sp³-hybridized carbons (Fsp3) is 1.00. The van der Waals surface area contributed by atoms with Crippen LogP contribution < -0.4 is 5.32 Å². The molecular weight excluding hydrogens is 224 g/mol. The molecule has 0 spiro atoms. The van der Waals surface area contributed by atoms with Crippen molar-refractivity contribution in [3.05, 3.63) is 0 Å². The minimum absolute atomic E-state index is 0.345. The second kappa shape index (κ2) is 6.36. The van der Waals surface area contributed by atoms with Crippen LogP contribution in [0.4, 0.5) is 0 Å². The van der Waals surface area contributed by atoms with Crippen molar-refractivity contribution in [3.8, 4) is 0 Å². The molecule has 0 radical (unpaired) electrons. The summed E-state index contributed by atoms with van der Waals surface area (Å²) in [5.74, 6) is 0.887. The summed E-state index contributed by atoms with van der Waals surface area (Å²) in [6, 6.07) is 0.600. The van der Waals surface area contributed by atoms with Crippen LogP contribution in [0.15, 0.2) is 0 Å². The van der Waals surface area contributed by atoms with Gasteiger partial charge in [-0.3, -0.25) is 4.90 Å². The Bertz CT molecular complexity index is 245. The molecule has 0 amide bonds. The molecule has 18 heavy (non-hydrogen) atoms. The Morgan fingerprint density at radius 2 is 2.06 bits per heavy atom. The van der Waals surface area contributed by atoms with Gasteiger partial charge in [-0.2, -0.15) is 0 Å². The van der Waals surface area contributed by atoms with Crippen LogP contribution in [0.1, 0.15) is 40.0 Å². The van der Waals surface area contributed by atoms with Crippen LogP contribution in [0.5, 0.6) is 0 Å². The number of nitrogens with zero attached hydrogens (tertiary/aromatic N) is 1. The largest absolute Gasteiger partial charge is 0.380 e. The standard InChI is InChI=1S/C15H30N2O/c1-15(2,3)14-11-17(8-4-7-16-14)9-10-18-12-13-5-6-13/h13-14,16H,4-12H2,1-3H3. The molecule has 106 valence electrons. The molecule has 2 aliphatic rings. The summed E-state index contributed by atoms with van der Waals surface area (Å²) in [5, 5.41) is 3.69. The molecule has 0 aromatic carbocycles. The highest BCUT2D eigenvalue weighted by Gasteiger charge is 2.28. The van der Waals surface area contributed by atoms with E-state index in [4.69, 9.17) is 4.74 Å². The number of nitrogens with one attached hydrogen (secondary N) is 1. The summed E-state index contributed by atoms with van der Waals surface area (Å²) in [6.45, 7) is 13.5. The quantitative estimate of drug-likeness (QED) is 0.761. The van der Waals surface area contributed by atoms with Gasteiger partial charge in [-0.25, -0.2) is 0 Å². The summed E-state index contributed by atoms with van der Waals surface area (Å²) in [4.78, 5) is 2.57. The Kier molecular flexibility index (Phi) is 5.05. The van der Waals surface area contributed by atoms with Crippen LogP contribution in [-0.4, -0.2) is 50.3 Å². The molecule has 0 bridgehead atoms. The molecule has 1 saturated heterocycles. The first-order valence-corrected chi connectivity index (χ1v) is 7.59. The lowest BCUT2D eigenvalue weighted by Gasteiger charge is -2.33. The molecule has 1 unspecified atom stereocenters. The summed E-state index contributed by atoms with van der Waals surface area (Å²) < 4.78 is 5.76. The first kappa shape index (κ1) is 14.3. The van der Waals surface area contributed by atoms with Gasteiger partial charge in [0.15, 0.2) is 0 Å². The van der Waals surface area contributed by atoms with E-state index in [-0.39, 0.29) is 0 Å². The summed E-state index contributed by atoms with van der Waals surface area (Å²) in [5.41, 5.74) is 0.345. The highest BCUT2D eigenvalue weighted by atomic mass is 16.5. The molecule has 2 fully saturated rings. The van der Waals surface area contributed by atoms with Crippen molar-refractivity contribution in [2.45, 2.75) is 46.1 Å². The van der Waals surface area contributed by atoms with Gasteiger partial charge in [-0.1, -0.05) is 20.8 Å². The Hall–Kier alpha value is -0.120. The first-order chi connectivity index (χ1) is 8.55. The Balaban J connectivity index is 1.68. The lowest BCUT2D eigenvalue weighted by Crippen LogP contribution is -2.46. The topological polar surface area (TPSA) is 24.5 Å². The smallest absolute Gasteiger partial charge is 0.0593 e. The molecule has 1 heterocycles. The summed E-state index contributed by atoms with van der Waals surface area (Å²) >= 11 is 0. The predicted molar refractivity (Wildman–Crippen MR) is 75.8 cm³/mol. The van der Waals surface area contributed by atoms with Crippen LogP contribution in [0.3, 0.4) is 0 Å². The van der Waals surface area contributed by atoms with Crippen LogP contribution >= 0.6 is 0 Å². The molecular formula is C15H30N2O. The van der Waals surface area contributed by atoms with Crippen molar-refractivity contribution in [2.75, 3.05) is 39.4 Å². The fourth-order valence-corrected chi connectivity index (χ4v) is 2.50. The SMILES string of the molecule is CC(C)(C)C1CN(CCOCC2CC2)CCCN1. The third-order valence-electron chi connectivity index (χ3n) is 4.13. The van der Waals surface area contributed by atoms with Crippen molar-refractivity contribution < 1.29 is 4.74 Å². The highest BCUT2D eigenvalue weighted by molar-refractivity contribution is 4.85. The monoisotopic (exact) mass is 254 g/mol. The van der Waals surface area contributed by atoms with E-state index in [2.05, 4.69) is 31.0 Å². The van der Waals surface area contributed by atoms with E-state index in [9.17, 15) is 0 Å². The van der Waals surface area contributed by atoms with Crippen molar-refractivity contribution in [1.29, 1.82) is 0 Å². The van der Waals surface area contributed by atoms with Crippen molar-refractivity contribution in [2.24, 2.45) is 11.3 Å². The lowest BCUT2D eigenvalue weighted by molar-refractivity contribution is 0.0902. The van der Waals surface area contributed by atoms with Gasteiger partial charge in [0.1, 0.15) is 0 Å². The van der Waals surface area contributed by atoms with Gasteiger partial charge in [-0.05, 0) is 43.7 Å². The van der Waals surface area contributed by atoms with E-state index in [1.807, 2.05) is 0 Å². The zero-order chi connectivity index (χ0) is 13.0. The summed E-state index contributed by atoms with van der Waals surface area (Å²) in [7, 11) is 0. The third-order valence-corrected chi connectivity index (χ3v) is 4.13. The number of hydrogen-bond donors (Lipinski definition) is 1. The molecule has 0 aromatic rings. The van der Waals surface area contributed by atoms with Crippen LogP contribution in [-0.2, 0) is 4.74 Å². The molecule has 0 aromatic heterocycles. The van der Waals surface area contributed by atoms with Crippen LogP contribution in [0.25, 0.3) is 0 Å². The molecule has 1 atom stereocenters. The third kappa shape index (κ3) is 4.87. The first-order valence-electron chi connectivity index (χ1n) is 7.59. The maximum atomic E-state index is 5.76. The van der Waals surface area contributed by atoms with Gasteiger partial charge < -0.3 is 10.1 Å². The normalized spacial score (nSPS) is 27.2. The number of rotatable bonds is 5. The Morgan fingerprint density at radius 3 is 2.72 bits per heavy atom. The van der Waals surface area contributed by atoms with Crippen molar-refractivity contribution in [1.82, 2.24) is 10.2 Å². The molecule has 1 aliphatic heterocycles. The van der Waals surface area contributed by atoms with E-state index in [0.717, 1.165) is 38.8 Å². The van der Waals surface area contributed by atoms with E-state index in [1.54, 1.807) is 0 Å². The maximum absolute atomic E-state index is 5.76. The molecule has 1 N–H and O–H groups in total. The molecule has 3 nitrogen and oxygen atoms in total. The lowest BCUT2D eigenvalue weighted by atomic mass is 9.86. The minimum atomic E-state index is 0.345. The van der Waals surface area contributed by atoms with Gasteiger partial charge in [0.25, 0.3) is 0 Å². The Morgan fingerprint density at radius 1 is 1.28 bits per heavy atom.